The van der Waals surface area contributed by atoms with Crippen LogP contribution in [0, 0.1) is 0 Å². The van der Waals surface area contributed by atoms with Gasteiger partial charge in [0.1, 0.15) is 0 Å². The zero-order valence-electron chi connectivity index (χ0n) is 6.26. The van der Waals surface area contributed by atoms with Gasteiger partial charge in [-0.05, 0) is 19.1 Å². The van der Waals surface area contributed by atoms with Gasteiger partial charge in [-0.25, -0.2) is 0 Å². The van der Waals surface area contributed by atoms with Crippen molar-refractivity contribution in [1.82, 2.24) is 4.90 Å². The SMILES string of the molecule is COC1(C)CN(C(N)=S)C1. The number of ether oxygens (including phenoxy) is 1. The maximum atomic E-state index is 5.38. The Balaban J connectivity index is 2.36. The summed E-state index contributed by atoms with van der Waals surface area (Å²) in [4.78, 5) is 1.92. The molecular formula is C6H12N2OS. The number of methoxy groups -OCH3 is 1. The van der Waals surface area contributed by atoms with Crippen molar-refractivity contribution < 1.29 is 4.74 Å². The van der Waals surface area contributed by atoms with Gasteiger partial charge in [0, 0.05) is 7.11 Å². The molecule has 0 aliphatic carbocycles. The Labute approximate surface area is 66.1 Å². The van der Waals surface area contributed by atoms with Gasteiger partial charge in [0.2, 0.25) is 0 Å². The molecule has 0 aromatic heterocycles. The van der Waals surface area contributed by atoms with Crippen molar-refractivity contribution in [2.24, 2.45) is 5.73 Å². The Kier molecular flexibility index (Phi) is 1.83. The van der Waals surface area contributed by atoms with Crippen molar-refractivity contribution in [3.8, 4) is 0 Å². The van der Waals surface area contributed by atoms with Crippen LogP contribution in [0.5, 0.6) is 0 Å². The molecule has 0 amide bonds. The molecule has 58 valence electrons. The molecule has 1 saturated heterocycles. The molecule has 2 N–H and O–H groups in total. The molecule has 1 fully saturated rings. The second-order valence-corrected chi connectivity index (χ2v) is 3.27. The van der Waals surface area contributed by atoms with Gasteiger partial charge >= 0.3 is 0 Å². The number of thiocarbonyl (C=S) groups is 1. The largest absolute Gasteiger partial charge is 0.376 e. The van der Waals surface area contributed by atoms with Crippen LogP contribution in [0.1, 0.15) is 6.92 Å². The first-order chi connectivity index (χ1) is 4.57. The van der Waals surface area contributed by atoms with Crippen LogP contribution in [0.2, 0.25) is 0 Å². The Morgan fingerprint density at radius 2 is 2.20 bits per heavy atom. The predicted molar refractivity (Wildman–Crippen MR) is 43.8 cm³/mol. The lowest BCUT2D eigenvalue weighted by Crippen LogP contribution is -2.63. The van der Waals surface area contributed by atoms with Crippen molar-refractivity contribution in [2.45, 2.75) is 12.5 Å². The van der Waals surface area contributed by atoms with E-state index in [1.54, 1.807) is 7.11 Å². The van der Waals surface area contributed by atoms with E-state index in [0.717, 1.165) is 13.1 Å². The average Bonchev–Trinajstić information content (AvgIpc) is 1.80. The summed E-state index contributed by atoms with van der Waals surface area (Å²) in [5.41, 5.74) is 5.35. The smallest absolute Gasteiger partial charge is 0.166 e. The van der Waals surface area contributed by atoms with Crippen LogP contribution in [0.25, 0.3) is 0 Å². The Morgan fingerprint density at radius 3 is 2.50 bits per heavy atom. The van der Waals surface area contributed by atoms with Crippen molar-refractivity contribution in [2.75, 3.05) is 20.2 Å². The van der Waals surface area contributed by atoms with E-state index in [1.165, 1.54) is 0 Å². The maximum absolute atomic E-state index is 5.38. The van der Waals surface area contributed by atoms with Crippen LogP contribution < -0.4 is 5.73 Å². The Morgan fingerprint density at radius 1 is 1.70 bits per heavy atom. The van der Waals surface area contributed by atoms with E-state index in [4.69, 9.17) is 22.7 Å². The summed E-state index contributed by atoms with van der Waals surface area (Å²) in [6.07, 6.45) is 0. The van der Waals surface area contributed by atoms with Gasteiger partial charge in [-0.15, -0.1) is 0 Å². The van der Waals surface area contributed by atoms with Crippen LogP contribution in [0.4, 0.5) is 0 Å². The summed E-state index contributed by atoms with van der Waals surface area (Å²) >= 11 is 4.77. The number of nitrogens with two attached hydrogens (primary N) is 1. The summed E-state index contributed by atoms with van der Waals surface area (Å²) in [6, 6.07) is 0. The van der Waals surface area contributed by atoms with Crippen molar-refractivity contribution in [3.63, 3.8) is 0 Å². The zero-order valence-corrected chi connectivity index (χ0v) is 7.07. The minimum atomic E-state index is -0.0244. The molecule has 0 aromatic carbocycles. The highest BCUT2D eigenvalue weighted by Gasteiger charge is 2.39. The second kappa shape index (κ2) is 2.36. The van der Waals surface area contributed by atoms with E-state index >= 15 is 0 Å². The normalized spacial score (nSPS) is 22.0. The van der Waals surface area contributed by atoms with Crippen molar-refractivity contribution in [1.29, 1.82) is 0 Å². The van der Waals surface area contributed by atoms with Gasteiger partial charge in [0.05, 0.1) is 18.7 Å². The number of hydrogen-bond acceptors (Lipinski definition) is 2. The maximum Gasteiger partial charge on any atom is 0.166 e. The quantitative estimate of drug-likeness (QED) is 0.546. The van der Waals surface area contributed by atoms with Gasteiger partial charge in [-0.2, -0.15) is 0 Å². The minimum absolute atomic E-state index is 0.0244. The third kappa shape index (κ3) is 1.22. The van der Waals surface area contributed by atoms with E-state index < -0.39 is 0 Å². The number of rotatable bonds is 1. The second-order valence-electron chi connectivity index (χ2n) is 2.85. The molecule has 0 unspecified atom stereocenters. The lowest BCUT2D eigenvalue weighted by molar-refractivity contribution is -0.0822. The topological polar surface area (TPSA) is 38.5 Å². The van der Waals surface area contributed by atoms with Gasteiger partial charge in [-0.3, -0.25) is 0 Å². The summed E-state index contributed by atoms with van der Waals surface area (Å²) < 4.78 is 5.20. The summed E-state index contributed by atoms with van der Waals surface area (Å²) in [5, 5.41) is 0.467. The van der Waals surface area contributed by atoms with Crippen molar-refractivity contribution >= 4 is 17.3 Å². The van der Waals surface area contributed by atoms with Crippen LogP contribution >= 0.6 is 12.2 Å². The summed E-state index contributed by atoms with van der Waals surface area (Å²) in [6.45, 7) is 3.68. The molecule has 0 atom stereocenters. The summed E-state index contributed by atoms with van der Waals surface area (Å²) in [5.74, 6) is 0. The highest BCUT2D eigenvalue weighted by Crippen LogP contribution is 2.22. The van der Waals surface area contributed by atoms with Crippen molar-refractivity contribution in [3.05, 3.63) is 0 Å². The van der Waals surface area contributed by atoms with Crippen LogP contribution in [0.3, 0.4) is 0 Å². The standard InChI is InChI=1S/C6H12N2OS/c1-6(9-2)3-8(4-6)5(7)10/h3-4H2,1-2H3,(H2,7,10). The molecule has 0 aromatic rings. The van der Waals surface area contributed by atoms with E-state index in [9.17, 15) is 0 Å². The fourth-order valence-corrected chi connectivity index (χ4v) is 1.18. The lowest BCUT2D eigenvalue weighted by Gasteiger charge is -2.47. The fourth-order valence-electron chi connectivity index (χ4n) is 1.05. The monoisotopic (exact) mass is 160 g/mol. The van der Waals surface area contributed by atoms with E-state index in [2.05, 4.69) is 0 Å². The molecule has 1 aliphatic heterocycles. The first-order valence-electron chi connectivity index (χ1n) is 3.17. The van der Waals surface area contributed by atoms with E-state index in [-0.39, 0.29) is 5.60 Å². The third-order valence-corrected chi connectivity index (χ3v) is 2.11. The fraction of sp³-hybridized carbons (Fsp3) is 0.833. The average molecular weight is 160 g/mol. The van der Waals surface area contributed by atoms with Gasteiger partial charge in [0.15, 0.2) is 5.11 Å². The van der Waals surface area contributed by atoms with E-state index in [0.29, 0.717) is 5.11 Å². The number of hydrogen-bond donors (Lipinski definition) is 1. The third-order valence-electron chi connectivity index (χ3n) is 1.86. The molecule has 0 bridgehead atoms. The predicted octanol–water partition coefficient (Wildman–Crippen LogP) is -0.0493. The van der Waals surface area contributed by atoms with Gasteiger partial charge in [-0.1, -0.05) is 0 Å². The Bertz CT molecular complexity index is 154. The molecule has 1 rings (SSSR count). The molecule has 4 heteroatoms. The minimum Gasteiger partial charge on any atom is -0.376 e. The van der Waals surface area contributed by atoms with Crippen LogP contribution in [-0.2, 0) is 4.74 Å². The number of nitrogens with zero attached hydrogens (tertiary/aromatic N) is 1. The number of likely N-dealkylation sites (tertiary alicyclic amines) is 1. The van der Waals surface area contributed by atoms with Crippen LogP contribution in [0.15, 0.2) is 0 Å². The molecule has 1 aliphatic rings. The molecule has 0 radical (unpaired) electrons. The van der Waals surface area contributed by atoms with E-state index in [1.807, 2.05) is 11.8 Å². The summed E-state index contributed by atoms with van der Waals surface area (Å²) in [7, 11) is 1.71. The Hall–Kier alpha value is -0.350. The highest BCUT2D eigenvalue weighted by atomic mass is 32.1. The first kappa shape index (κ1) is 7.75. The molecule has 0 saturated carbocycles. The highest BCUT2D eigenvalue weighted by molar-refractivity contribution is 7.80. The first-order valence-corrected chi connectivity index (χ1v) is 3.58. The molecule has 1 heterocycles. The molecule has 0 spiro atoms. The lowest BCUT2D eigenvalue weighted by atomic mass is 9.97. The molecule has 3 nitrogen and oxygen atoms in total. The molecule has 10 heavy (non-hydrogen) atoms. The van der Waals surface area contributed by atoms with Gasteiger partial charge in [0.25, 0.3) is 0 Å². The molecular weight excluding hydrogens is 148 g/mol. The van der Waals surface area contributed by atoms with Gasteiger partial charge < -0.3 is 15.4 Å². The zero-order chi connectivity index (χ0) is 7.78. The van der Waals surface area contributed by atoms with Crippen LogP contribution in [-0.4, -0.2) is 35.8 Å².